The monoisotopic (exact) mass is 158 g/mol. The van der Waals surface area contributed by atoms with Crippen molar-refractivity contribution in [3.05, 3.63) is 0 Å². The molecular weight excluding hydrogens is 154 g/mol. The van der Waals surface area contributed by atoms with Crippen LogP contribution in [-0.4, -0.2) is 28.9 Å². The molecule has 0 atom stereocenters. The van der Waals surface area contributed by atoms with E-state index in [0.29, 0.717) is 0 Å². The molecular formula is H4Na2O5Si. The van der Waals surface area contributed by atoms with Crippen LogP contribution in [0.25, 0.3) is 0 Å². The molecule has 0 aliphatic heterocycles. The summed E-state index contributed by atoms with van der Waals surface area (Å²) >= 11 is 0. The summed E-state index contributed by atoms with van der Waals surface area (Å²) in [6, 6.07) is 0. The van der Waals surface area contributed by atoms with Gasteiger partial charge < -0.3 is 24.7 Å². The number of hydrogen-bond donors (Lipinski definition) is 3. The van der Waals surface area contributed by atoms with E-state index in [9.17, 15) is 0 Å². The van der Waals surface area contributed by atoms with E-state index in [2.05, 4.69) is 0 Å². The van der Waals surface area contributed by atoms with Gasteiger partial charge in [-0.2, -0.15) is 0 Å². The van der Waals surface area contributed by atoms with Gasteiger partial charge in [0.1, 0.15) is 0 Å². The van der Waals surface area contributed by atoms with Crippen LogP contribution in [0.4, 0.5) is 0 Å². The molecule has 0 spiro atoms. The van der Waals surface area contributed by atoms with Gasteiger partial charge in [0, 0.05) is 0 Å². The van der Waals surface area contributed by atoms with Crippen LogP contribution in [0.5, 0.6) is 0 Å². The van der Waals surface area contributed by atoms with E-state index >= 15 is 0 Å². The average Bonchev–Trinajstić information content (AvgIpc) is 0.722. The minimum Gasteiger partial charge on any atom is -0.870 e. The maximum absolute atomic E-state index is 8.91. The van der Waals surface area contributed by atoms with Crippen molar-refractivity contribution in [1.29, 1.82) is 0 Å². The van der Waals surface area contributed by atoms with Gasteiger partial charge in [0.25, 0.3) is 0 Å². The zero-order valence-corrected chi connectivity index (χ0v) is 9.70. The first-order valence-electron chi connectivity index (χ1n) is 0.875. The molecule has 0 aliphatic rings. The zero-order chi connectivity index (χ0) is 4.50. The van der Waals surface area contributed by atoms with Crippen molar-refractivity contribution in [1.82, 2.24) is 0 Å². The molecule has 0 heterocycles. The Morgan fingerprint density at radius 2 is 1.00 bits per heavy atom. The van der Waals surface area contributed by atoms with Crippen LogP contribution in [-0.2, 0) is 0 Å². The molecule has 5 nitrogen and oxygen atoms in total. The maximum atomic E-state index is 8.91. The smallest absolute Gasteiger partial charge is 0.870 e. The second-order valence-electron chi connectivity index (χ2n) is 0.574. The molecule has 0 radical (unpaired) electrons. The summed E-state index contributed by atoms with van der Waals surface area (Å²) < 4.78 is 0. The summed E-state index contributed by atoms with van der Waals surface area (Å²) in [4.78, 5) is 30.6. The van der Waals surface area contributed by atoms with Gasteiger partial charge >= 0.3 is 68.2 Å². The molecule has 0 aromatic carbocycles. The Labute approximate surface area is 91.7 Å². The summed E-state index contributed by atoms with van der Waals surface area (Å²) in [5.41, 5.74) is 0. The molecule has 40 valence electrons. The first-order chi connectivity index (χ1) is 2.00. The van der Waals surface area contributed by atoms with E-state index in [1.165, 1.54) is 0 Å². The number of rotatable bonds is 0. The Morgan fingerprint density at radius 1 is 1.00 bits per heavy atom. The average molecular weight is 158 g/mol. The Bertz CT molecular complexity index is 25.9. The van der Waals surface area contributed by atoms with Gasteiger partial charge in [-0.1, -0.05) is 0 Å². The molecule has 0 aromatic heterocycles. The van der Waals surface area contributed by atoms with Gasteiger partial charge in [-0.15, -0.1) is 0 Å². The van der Waals surface area contributed by atoms with E-state index in [0.717, 1.165) is 0 Å². The molecule has 4 N–H and O–H groups in total. The fourth-order valence-corrected chi connectivity index (χ4v) is 0. The Kier molecular flexibility index (Phi) is 25.4. The summed E-state index contributed by atoms with van der Waals surface area (Å²) in [5, 5.41) is 0. The molecule has 8 heteroatoms. The summed E-state index contributed by atoms with van der Waals surface area (Å²) in [6.45, 7) is 0. The van der Waals surface area contributed by atoms with Crippen LogP contribution in [0.15, 0.2) is 0 Å². The Hall–Kier alpha value is 2.02. The largest absolute Gasteiger partial charge is 1.00 e. The van der Waals surface area contributed by atoms with Crippen molar-refractivity contribution in [3.8, 4) is 0 Å². The summed E-state index contributed by atoms with van der Waals surface area (Å²) in [5.74, 6) is 0. The van der Waals surface area contributed by atoms with Crippen molar-refractivity contribution in [2.75, 3.05) is 0 Å². The van der Waals surface area contributed by atoms with Gasteiger partial charge in [-0.3, -0.25) is 0 Å². The molecule has 0 saturated heterocycles. The fourth-order valence-electron chi connectivity index (χ4n) is 0. The van der Waals surface area contributed by atoms with Crippen molar-refractivity contribution in [2.45, 2.75) is 0 Å². The Balaban J connectivity index is -0.0000000267. The number of hydrogen-bond acceptors (Lipinski definition) is 5. The molecule has 0 aromatic rings. The summed E-state index contributed by atoms with van der Waals surface area (Å²) in [7, 11) is -4.86. The third-order valence-corrected chi connectivity index (χ3v) is 0. The first kappa shape index (κ1) is 22.5. The quantitative estimate of drug-likeness (QED) is 0.303. The molecule has 0 aliphatic carbocycles. The van der Waals surface area contributed by atoms with E-state index in [4.69, 9.17) is 19.2 Å². The van der Waals surface area contributed by atoms with Crippen molar-refractivity contribution < 1.29 is 83.8 Å². The SMILES string of the molecule is [Na+].[Na+].[O-][Si](O)(O)O.[OH-]. The molecule has 0 fully saturated rings. The first-order valence-corrected chi connectivity index (χ1v) is 2.62. The van der Waals surface area contributed by atoms with E-state index in [1.54, 1.807) is 0 Å². The van der Waals surface area contributed by atoms with Gasteiger partial charge in [0.2, 0.25) is 0 Å². The van der Waals surface area contributed by atoms with Crippen LogP contribution in [0.2, 0.25) is 0 Å². The van der Waals surface area contributed by atoms with Crippen LogP contribution in [0.3, 0.4) is 0 Å². The molecule has 0 bridgehead atoms. The van der Waals surface area contributed by atoms with E-state index in [-0.39, 0.29) is 64.6 Å². The standard InChI is InChI=1S/2Na.H3O4Si.H2O/c;;1-5(2,3)4;/h;;1-3H;1H2/q2*+1;-1;/p-1. The fraction of sp³-hybridized carbons (Fsp3) is 0. The van der Waals surface area contributed by atoms with Crippen LogP contribution in [0.1, 0.15) is 0 Å². The molecule has 8 heavy (non-hydrogen) atoms. The topological polar surface area (TPSA) is 114 Å². The predicted molar refractivity (Wildman–Crippen MR) is 14.3 cm³/mol. The van der Waals surface area contributed by atoms with Crippen LogP contribution < -0.4 is 63.9 Å². The minimum atomic E-state index is -4.86. The van der Waals surface area contributed by atoms with Gasteiger partial charge in [0.05, 0.1) is 0 Å². The summed E-state index contributed by atoms with van der Waals surface area (Å²) in [6.07, 6.45) is 0. The van der Waals surface area contributed by atoms with E-state index in [1.807, 2.05) is 0 Å². The predicted octanol–water partition coefficient (Wildman–Crippen LogP) is -9.41. The van der Waals surface area contributed by atoms with Crippen LogP contribution in [0, 0.1) is 0 Å². The van der Waals surface area contributed by atoms with Gasteiger partial charge in [-0.05, 0) is 0 Å². The minimum absolute atomic E-state index is 0. The normalized spacial score (nSPS) is 7.50. The van der Waals surface area contributed by atoms with Gasteiger partial charge in [-0.25, -0.2) is 0 Å². The second kappa shape index (κ2) is 9.02. The third kappa shape index (κ3) is 97.0. The van der Waals surface area contributed by atoms with Crippen molar-refractivity contribution >= 4 is 9.05 Å². The van der Waals surface area contributed by atoms with Gasteiger partial charge in [0.15, 0.2) is 0 Å². The second-order valence-corrected chi connectivity index (χ2v) is 1.72. The van der Waals surface area contributed by atoms with Crippen molar-refractivity contribution in [3.63, 3.8) is 0 Å². The molecule has 0 amide bonds. The maximum Gasteiger partial charge on any atom is 1.00 e. The molecule has 0 rings (SSSR count). The Morgan fingerprint density at radius 3 is 1.00 bits per heavy atom. The third-order valence-electron chi connectivity index (χ3n) is 0. The van der Waals surface area contributed by atoms with Crippen LogP contribution >= 0.6 is 0 Å². The molecule has 0 saturated carbocycles. The van der Waals surface area contributed by atoms with Crippen molar-refractivity contribution in [2.24, 2.45) is 0 Å². The zero-order valence-electron chi connectivity index (χ0n) is 4.70. The molecule has 0 unspecified atom stereocenters. The van der Waals surface area contributed by atoms with E-state index < -0.39 is 9.05 Å².